The van der Waals surface area contributed by atoms with Gasteiger partial charge in [0.1, 0.15) is 22.9 Å². The highest BCUT2D eigenvalue weighted by Crippen LogP contribution is 2.30. The molecule has 23 heavy (non-hydrogen) atoms. The van der Waals surface area contributed by atoms with Gasteiger partial charge < -0.3 is 4.74 Å². The molecule has 3 aromatic rings. The quantitative estimate of drug-likeness (QED) is 0.635. The van der Waals surface area contributed by atoms with Crippen molar-refractivity contribution in [2.24, 2.45) is 0 Å². The maximum atomic E-state index is 13.6. The van der Waals surface area contributed by atoms with Gasteiger partial charge in [0.05, 0.1) is 23.2 Å². The second-order valence-electron chi connectivity index (χ2n) is 5.44. The van der Waals surface area contributed by atoms with Crippen molar-refractivity contribution in [1.29, 1.82) is 0 Å². The molecule has 1 aliphatic heterocycles. The van der Waals surface area contributed by atoms with Crippen LogP contribution in [0.4, 0.5) is 4.39 Å². The fourth-order valence-electron chi connectivity index (χ4n) is 2.86. The third-order valence-electron chi connectivity index (χ3n) is 3.96. The van der Waals surface area contributed by atoms with Gasteiger partial charge in [-0.2, -0.15) is 5.10 Å². The smallest absolute Gasteiger partial charge is 0.253 e. The van der Waals surface area contributed by atoms with Crippen LogP contribution >= 0.6 is 11.6 Å². The molecule has 0 saturated heterocycles. The number of aryl methyl sites for hydroxylation is 1. The van der Waals surface area contributed by atoms with Crippen molar-refractivity contribution < 1.29 is 9.13 Å². The van der Waals surface area contributed by atoms with Gasteiger partial charge in [0.25, 0.3) is 5.56 Å². The molecule has 0 N–H and O–H groups in total. The van der Waals surface area contributed by atoms with E-state index in [-0.39, 0.29) is 11.4 Å². The Morgan fingerprint density at radius 3 is 3.00 bits per heavy atom. The zero-order valence-corrected chi connectivity index (χ0v) is 12.9. The summed E-state index contributed by atoms with van der Waals surface area (Å²) in [7, 11) is 0. The third kappa shape index (κ3) is 2.30. The Labute approximate surface area is 135 Å². The van der Waals surface area contributed by atoms with E-state index in [1.54, 1.807) is 21.5 Å². The van der Waals surface area contributed by atoms with Crippen LogP contribution in [0.5, 0.6) is 5.75 Å². The van der Waals surface area contributed by atoms with E-state index >= 15 is 0 Å². The zero-order chi connectivity index (χ0) is 16.0. The summed E-state index contributed by atoms with van der Waals surface area (Å²) in [5.74, 6) is 0.0172. The Morgan fingerprint density at radius 1 is 1.26 bits per heavy atom. The normalized spacial score (nSPS) is 14.3. The van der Waals surface area contributed by atoms with Crippen LogP contribution in [0.3, 0.4) is 0 Å². The minimum atomic E-state index is -0.382. The average Bonchev–Trinajstić information content (AvgIpc) is 2.95. The standard InChI is InChI=1S/C16H13ClFN3O2/c17-12-8-15(22)20-5-1-2-6-23-14-7-10(18)3-4-13(14)21-16(20)11(12)9-19-21/h3-4,7-9H,1-2,5-6H2. The van der Waals surface area contributed by atoms with Gasteiger partial charge in [0.15, 0.2) is 0 Å². The lowest BCUT2D eigenvalue weighted by atomic mass is 10.2. The molecule has 0 spiro atoms. The van der Waals surface area contributed by atoms with E-state index in [1.165, 1.54) is 18.2 Å². The fraction of sp³-hybridized carbons (Fsp3) is 0.250. The minimum Gasteiger partial charge on any atom is -0.491 e. The van der Waals surface area contributed by atoms with E-state index in [0.717, 1.165) is 12.8 Å². The fourth-order valence-corrected chi connectivity index (χ4v) is 3.09. The van der Waals surface area contributed by atoms with E-state index in [4.69, 9.17) is 16.3 Å². The van der Waals surface area contributed by atoms with Gasteiger partial charge in [-0.15, -0.1) is 0 Å². The molecule has 0 radical (unpaired) electrons. The van der Waals surface area contributed by atoms with Crippen molar-refractivity contribution in [2.75, 3.05) is 6.61 Å². The molecule has 7 heteroatoms. The molecule has 0 bridgehead atoms. The first-order valence-corrected chi connectivity index (χ1v) is 7.73. The number of rotatable bonds is 0. The van der Waals surface area contributed by atoms with E-state index in [1.807, 2.05) is 0 Å². The average molecular weight is 334 g/mol. The van der Waals surface area contributed by atoms with Crippen molar-refractivity contribution in [1.82, 2.24) is 14.3 Å². The van der Waals surface area contributed by atoms with Crippen LogP contribution in [0.15, 0.2) is 35.3 Å². The highest BCUT2D eigenvalue weighted by molar-refractivity contribution is 6.35. The number of hydrogen-bond donors (Lipinski definition) is 0. The summed E-state index contributed by atoms with van der Waals surface area (Å²) in [4.78, 5) is 12.3. The van der Waals surface area contributed by atoms with Gasteiger partial charge in [0.2, 0.25) is 0 Å². The maximum Gasteiger partial charge on any atom is 0.253 e. The maximum absolute atomic E-state index is 13.6. The molecule has 1 aromatic carbocycles. The first kappa shape index (κ1) is 14.3. The number of nitrogens with zero attached hydrogens (tertiary/aromatic N) is 3. The number of pyridine rings is 1. The highest BCUT2D eigenvalue weighted by atomic mass is 35.5. The Balaban J connectivity index is 2.10. The summed E-state index contributed by atoms with van der Waals surface area (Å²) in [6, 6.07) is 5.67. The first-order valence-electron chi connectivity index (χ1n) is 7.35. The highest BCUT2D eigenvalue weighted by Gasteiger charge is 2.18. The Morgan fingerprint density at radius 2 is 2.13 bits per heavy atom. The second-order valence-corrected chi connectivity index (χ2v) is 5.85. The molecule has 5 nitrogen and oxygen atoms in total. The van der Waals surface area contributed by atoms with Crippen LogP contribution in [0, 0.1) is 5.82 Å². The van der Waals surface area contributed by atoms with Crippen molar-refractivity contribution in [3.05, 3.63) is 51.7 Å². The van der Waals surface area contributed by atoms with Crippen molar-refractivity contribution >= 4 is 22.6 Å². The van der Waals surface area contributed by atoms with E-state index < -0.39 is 0 Å². The summed E-state index contributed by atoms with van der Waals surface area (Å²) >= 11 is 6.19. The van der Waals surface area contributed by atoms with E-state index in [0.29, 0.717) is 40.6 Å². The summed E-state index contributed by atoms with van der Waals surface area (Å²) in [5, 5.41) is 5.38. The van der Waals surface area contributed by atoms with Crippen LogP contribution in [0.25, 0.3) is 16.7 Å². The third-order valence-corrected chi connectivity index (χ3v) is 4.27. The zero-order valence-electron chi connectivity index (χ0n) is 12.1. The molecular weight excluding hydrogens is 321 g/mol. The predicted octanol–water partition coefficient (Wildman–Crippen LogP) is 3.15. The summed E-state index contributed by atoms with van der Waals surface area (Å²) in [6.45, 7) is 1.01. The van der Waals surface area contributed by atoms with Crippen molar-refractivity contribution in [3.63, 3.8) is 0 Å². The minimum absolute atomic E-state index is 0.172. The first-order chi connectivity index (χ1) is 11.1. The molecule has 0 aliphatic carbocycles. The van der Waals surface area contributed by atoms with Gasteiger partial charge in [-0.1, -0.05) is 11.6 Å². The van der Waals surface area contributed by atoms with Crippen LogP contribution in [-0.4, -0.2) is 21.0 Å². The van der Waals surface area contributed by atoms with Gasteiger partial charge in [0, 0.05) is 18.7 Å². The molecule has 4 rings (SSSR count). The van der Waals surface area contributed by atoms with Gasteiger partial charge in [-0.3, -0.25) is 9.36 Å². The largest absolute Gasteiger partial charge is 0.491 e. The molecule has 1 aliphatic rings. The monoisotopic (exact) mass is 333 g/mol. The molecule has 0 saturated carbocycles. The summed E-state index contributed by atoms with van der Waals surface area (Å²) in [5.41, 5.74) is 1.01. The van der Waals surface area contributed by atoms with Gasteiger partial charge in [-0.05, 0) is 25.0 Å². The van der Waals surface area contributed by atoms with Crippen LogP contribution in [-0.2, 0) is 6.54 Å². The molecule has 0 atom stereocenters. The Bertz CT molecular complexity index is 964. The number of fused-ring (bicyclic) bond motifs is 2. The summed E-state index contributed by atoms with van der Waals surface area (Å²) < 4.78 is 22.5. The topological polar surface area (TPSA) is 49.0 Å². The molecule has 0 amide bonds. The molecule has 0 fully saturated rings. The van der Waals surface area contributed by atoms with Crippen LogP contribution in [0.1, 0.15) is 12.8 Å². The van der Waals surface area contributed by atoms with E-state index in [9.17, 15) is 9.18 Å². The number of halogens is 2. The number of benzene rings is 1. The lowest BCUT2D eigenvalue weighted by Gasteiger charge is -2.17. The van der Waals surface area contributed by atoms with Gasteiger partial charge >= 0.3 is 0 Å². The van der Waals surface area contributed by atoms with Gasteiger partial charge in [-0.25, -0.2) is 9.07 Å². The molecule has 0 unspecified atom stereocenters. The summed E-state index contributed by atoms with van der Waals surface area (Å²) in [6.07, 6.45) is 3.14. The van der Waals surface area contributed by atoms with Crippen molar-refractivity contribution in [2.45, 2.75) is 19.4 Å². The molecule has 3 heterocycles. The Kier molecular flexibility index (Phi) is 3.34. The number of aromatic nitrogens is 3. The number of ether oxygens (including phenoxy) is 1. The molecule has 2 aromatic heterocycles. The van der Waals surface area contributed by atoms with E-state index in [2.05, 4.69) is 5.10 Å². The lowest BCUT2D eigenvalue weighted by Crippen LogP contribution is -2.22. The molecule has 118 valence electrons. The van der Waals surface area contributed by atoms with Crippen LogP contribution in [0.2, 0.25) is 5.02 Å². The lowest BCUT2D eigenvalue weighted by molar-refractivity contribution is 0.299. The molecular formula is C16H13ClFN3O2. The van der Waals surface area contributed by atoms with Crippen LogP contribution < -0.4 is 10.3 Å². The SMILES string of the molecule is O=c1cc(Cl)c2cnn3c2n1CCCCOc1cc(F)ccc1-3. The number of hydrogen-bond acceptors (Lipinski definition) is 3. The Hall–Kier alpha value is -2.34. The van der Waals surface area contributed by atoms with Crippen molar-refractivity contribution in [3.8, 4) is 11.4 Å². The second kappa shape index (κ2) is 5.38. The predicted molar refractivity (Wildman–Crippen MR) is 85.0 cm³/mol.